The molecule has 0 amide bonds. The largest absolute Gasteiger partial charge is 0.317 e. The third-order valence-electron chi connectivity index (χ3n) is 2.71. The van der Waals surface area contributed by atoms with Crippen LogP contribution in [0.15, 0.2) is 11.0 Å². The number of rotatable bonds is 0. The third-order valence-corrected chi connectivity index (χ3v) is 2.71. The molecule has 0 saturated carbocycles. The van der Waals surface area contributed by atoms with E-state index in [0.717, 1.165) is 11.4 Å². The van der Waals surface area contributed by atoms with E-state index in [1.54, 1.807) is 11.3 Å². The van der Waals surface area contributed by atoms with Crippen molar-refractivity contribution in [3.05, 3.63) is 33.5 Å². The van der Waals surface area contributed by atoms with Crippen molar-refractivity contribution in [3.63, 3.8) is 0 Å². The smallest absolute Gasteiger partial charge is 0.262 e. The summed E-state index contributed by atoms with van der Waals surface area (Å²) in [6.45, 7) is 5.62. The first kappa shape index (κ1) is 8.99. The molecule has 2 aromatic heterocycles. The van der Waals surface area contributed by atoms with E-state index in [4.69, 9.17) is 0 Å². The second-order valence-electron chi connectivity index (χ2n) is 3.63. The van der Waals surface area contributed by atoms with Crippen molar-refractivity contribution in [1.82, 2.24) is 14.0 Å². The number of nitrogens with zero attached hydrogens (tertiary/aromatic N) is 3. The summed E-state index contributed by atoms with van der Waals surface area (Å²) in [5.41, 5.74) is 2.57. The SMILES string of the molecule is Cc1nc2n(C)c(C)cn2c(=O)c1C. The minimum atomic E-state index is 0.0243. The monoisotopic (exact) mass is 191 g/mol. The maximum Gasteiger partial charge on any atom is 0.262 e. The molecule has 74 valence electrons. The summed E-state index contributed by atoms with van der Waals surface area (Å²) >= 11 is 0. The number of fused-ring (bicyclic) bond motifs is 1. The van der Waals surface area contributed by atoms with E-state index >= 15 is 0 Å². The highest BCUT2D eigenvalue weighted by atomic mass is 16.1. The predicted octanol–water partition coefficient (Wildman–Crippen LogP) is 0.958. The molecular formula is C10H13N3O. The summed E-state index contributed by atoms with van der Waals surface area (Å²) in [5, 5.41) is 0. The fourth-order valence-electron chi connectivity index (χ4n) is 1.50. The summed E-state index contributed by atoms with van der Waals surface area (Å²) in [6.07, 6.45) is 1.82. The molecule has 0 aliphatic heterocycles. The molecule has 0 atom stereocenters. The van der Waals surface area contributed by atoms with Crippen LogP contribution in [0.1, 0.15) is 17.0 Å². The topological polar surface area (TPSA) is 39.3 Å². The predicted molar refractivity (Wildman–Crippen MR) is 54.6 cm³/mol. The highest BCUT2D eigenvalue weighted by Crippen LogP contribution is 2.06. The first-order valence-electron chi connectivity index (χ1n) is 4.54. The Balaban J connectivity index is 3.06. The second kappa shape index (κ2) is 2.70. The minimum absolute atomic E-state index is 0.0243. The lowest BCUT2D eigenvalue weighted by atomic mass is 10.3. The van der Waals surface area contributed by atoms with Gasteiger partial charge in [0, 0.05) is 30.2 Å². The molecule has 14 heavy (non-hydrogen) atoms. The summed E-state index contributed by atoms with van der Waals surface area (Å²) in [7, 11) is 1.91. The van der Waals surface area contributed by atoms with Crippen LogP contribution in [0.3, 0.4) is 0 Å². The van der Waals surface area contributed by atoms with Crippen LogP contribution < -0.4 is 5.56 Å². The highest BCUT2D eigenvalue weighted by Gasteiger charge is 2.09. The van der Waals surface area contributed by atoms with Gasteiger partial charge in [-0.3, -0.25) is 9.20 Å². The number of hydrogen-bond donors (Lipinski definition) is 0. The van der Waals surface area contributed by atoms with E-state index in [2.05, 4.69) is 4.98 Å². The Bertz CT molecular complexity index is 563. The van der Waals surface area contributed by atoms with Gasteiger partial charge in [-0.2, -0.15) is 0 Å². The quantitative estimate of drug-likeness (QED) is 0.622. The van der Waals surface area contributed by atoms with Crippen LogP contribution in [0.4, 0.5) is 0 Å². The van der Waals surface area contributed by atoms with Crippen molar-refractivity contribution < 1.29 is 0 Å². The molecule has 0 N–H and O–H groups in total. The Morgan fingerprint density at radius 3 is 2.57 bits per heavy atom. The molecule has 0 aromatic carbocycles. The van der Waals surface area contributed by atoms with Crippen molar-refractivity contribution in [2.45, 2.75) is 20.8 Å². The summed E-state index contributed by atoms with van der Waals surface area (Å²) < 4.78 is 3.51. The number of aromatic nitrogens is 3. The van der Waals surface area contributed by atoms with Crippen molar-refractivity contribution in [2.24, 2.45) is 7.05 Å². The molecule has 0 fully saturated rings. The molecule has 4 heteroatoms. The number of aryl methyl sites for hydroxylation is 3. The van der Waals surface area contributed by atoms with E-state index in [1.165, 1.54) is 0 Å². The third kappa shape index (κ3) is 0.999. The zero-order valence-corrected chi connectivity index (χ0v) is 8.83. The molecule has 0 unspecified atom stereocenters. The Hall–Kier alpha value is -1.58. The molecule has 0 aliphatic rings. The highest BCUT2D eigenvalue weighted by molar-refractivity contribution is 5.36. The van der Waals surface area contributed by atoms with Gasteiger partial charge in [-0.05, 0) is 20.8 Å². The number of imidazole rings is 1. The van der Waals surface area contributed by atoms with Crippen molar-refractivity contribution in [3.8, 4) is 0 Å². The lowest BCUT2D eigenvalue weighted by Gasteiger charge is -2.01. The zero-order chi connectivity index (χ0) is 10.5. The van der Waals surface area contributed by atoms with Gasteiger partial charge in [-0.25, -0.2) is 4.98 Å². The standard InChI is InChI=1S/C10H13N3O/c1-6-5-13-9(14)7(2)8(3)11-10(13)12(6)4/h5H,1-4H3. The van der Waals surface area contributed by atoms with E-state index in [0.29, 0.717) is 11.3 Å². The summed E-state index contributed by atoms with van der Waals surface area (Å²) in [5.74, 6) is 0.704. The van der Waals surface area contributed by atoms with Gasteiger partial charge in [0.2, 0.25) is 5.78 Å². The summed E-state index contributed by atoms with van der Waals surface area (Å²) in [4.78, 5) is 16.2. The average Bonchev–Trinajstić information content (AvgIpc) is 2.42. The second-order valence-corrected chi connectivity index (χ2v) is 3.63. The van der Waals surface area contributed by atoms with Gasteiger partial charge in [-0.15, -0.1) is 0 Å². The summed E-state index contributed by atoms with van der Waals surface area (Å²) in [6, 6.07) is 0. The van der Waals surface area contributed by atoms with Crippen molar-refractivity contribution in [1.29, 1.82) is 0 Å². The molecule has 2 aromatic rings. The molecule has 0 aliphatic carbocycles. The number of hydrogen-bond acceptors (Lipinski definition) is 2. The van der Waals surface area contributed by atoms with Crippen LogP contribution in [-0.4, -0.2) is 14.0 Å². The van der Waals surface area contributed by atoms with Gasteiger partial charge in [0.05, 0.1) is 0 Å². The van der Waals surface area contributed by atoms with Crippen LogP contribution >= 0.6 is 0 Å². The van der Waals surface area contributed by atoms with Gasteiger partial charge < -0.3 is 4.57 Å². The molecule has 0 saturated heterocycles. The van der Waals surface area contributed by atoms with Crippen molar-refractivity contribution in [2.75, 3.05) is 0 Å². The molecule has 4 nitrogen and oxygen atoms in total. The van der Waals surface area contributed by atoms with E-state index in [9.17, 15) is 4.79 Å². The van der Waals surface area contributed by atoms with Crippen LogP contribution in [0.5, 0.6) is 0 Å². The Morgan fingerprint density at radius 2 is 1.93 bits per heavy atom. The maximum atomic E-state index is 11.8. The van der Waals surface area contributed by atoms with Gasteiger partial charge in [0.1, 0.15) is 0 Å². The van der Waals surface area contributed by atoms with Crippen LogP contribution in [0, 0.1) is 20.8 Å². The van der Waals surface area contributed by atoms with Gasteiger partial charge in [0.15, 0.2) is 0 Å². The van der Waals surface area contributed by atoms with Crippen LogP contribution in [-0.2, 0) is 7.05 Å². The van der Waals surface area contributed by atoms with E-state index in [-0.39, 0.29) is 5.56 Å². The Kier molecular flexibility index (Phi) is 1.74. The van der Waals surface area contributed by atoms with Crippen molar-refractivity contribution >= 4 is 5.78 Å². The molecule has 0 spiro atoms. The first-order valence-corrected chi connectivity index (χ1v) is 4.54. The van der Waals surface area contributed by atoms with Crippen LogP contribution in [0.2, 0.25) is 0 Å². The Labute approximate surface area is 81.8 Å². The molecule has 0 bridgehead atoms. The lowest BCUT2D eigenvalue weighted by Crippen LogP contribution is -2.18. The minimum Gasteiger partial charge on any atom is -0.317 e. The normalized spacial score (nSPS) is 11.1. The Morgan fingerprint density at radius 1 is 1.29 bits per heavy atom. The molecule has 2 heterocycles. The molecule has 2 rings (SSSR count). The molecular weight excluding hydrogens is 178 g/mol. The first-order chi connectivity index (χ1) is 6.52. The van der Waals surface area contributed by atoms with E-state index in [1.807, 2.05) is 31.7 Å². The maximum absolute atomic E-state index is 11.8. The fourth-order valence-corrected chi connectivity index (χ4v) is 1.50. The fraction of sp³-hybridized carbons (Fsp3) is 0.400. The van der Waals surface area contributed by atoms with Gasteiger partial charge >= 0.3 is 0 Å². The average molecular weight is 191 g/mol. The molecule has 0 radical (unpaired) electrons. The van der Waals surface area contributed by atoms with Gasteiger partial charge in [-0.1, -0.05) is 0 Å². The zero-order valence-electron chi connectivity index (χ0n) is 8.83. The van der Waals surface area contributed by atoms with Gasteiger partial charge in [0.25, 0.3) is 5.56 Å². The lowest BCUT2D eigenvalue weighted by molar-refractivity contribution is 0.871. The van der Waals surface area contributed by atoms with Crippen LogP contribution in [0.25, 0.3) is 5.78 Å². The van der Waals surface area contributed by atoms with E-state index < -0.39 is 0 Å².